The van der Waals surface area contributed by atoms with Crippen molar-refractivity contribution in [2.45, 2.75) is 44.8 Å². The molecule has 0 fully saturated rings. The molecule has 0 unspecified atom stereocenters. The number of sulfonamides is 2. The average Bonchev–Trinajstić information content (AvgIpc) is 3.16. The van der Waals surface area contributed by atoms with Crippen LogP contribution in [0.3, 0.4) is 0 Å². The lowest BCUT2D eigenvalue weighted by atomic mass is 9.84. The highest BCUT2D eigenvalue weighted by molar-refractivity contribution is 7.90. The molecule has 2 N–H and O–H groups in total. The summed E-state index contributed by atoms with van der Waals surface area (Å²) in [6, 6.07) is 9.12. The molecule has 0 bridgehead atoms. The monoisotopic (exact) mass is 535 g/mol. The number of rotatable bonds is 6. The van der Waals surface area contributed by atoms with E-state index in [2.05, 4.69) is 9.12 Å². The van der Waals surface area contributed by atoms with E-state index < -0.39 is 43.2 Å². The van der Waals surface area contributed by atoms with Gasteiger partial charge in [-0.15, -0.1) is 0 Å². The Balaban J connectivity index is 1.76. The van der Waals surface area contributed by atoms with Gasteiger partial charge in [-0.2, -0.15) is 12.8 Å². The minimum atomic E-state index is -4.20. The highest BCUT2D eigenvalue weighted by Gasteiger charge is 2.49. The van der Waals surface area contributed by atoms with Crippen LogP contribution in [0.2, 0.25) is 0 Å². The quantitative estimate of drug-likeness (QED) is 0.584. The number of hydrogen-bond donors (Lipinski definition) is 2. The first kappa shape index (κ1) is 26.0. The summed E-state index contributed by atoms with van der Waals surface area (Å²) in [6.45, 7) is 5.46. The van der Waals surface area contributed by atoms with E-state index in [-0.39, 0.29) is 40.6 Å². The molecule has 0 aromatic heterocycles. The third kappa shape index (κ3) is 4.93. The van der Waals surface area contributed by atoms with Gasteiger partial charge in [0.2, 0.25) is 10.0 Å². The van der Waals surface area contributed by atoms with Crippen LogP contribution in [-0.4, -0.2) is 50.8 Å². The second-order valence-corrected chi connectivity index (χ2v) is 13.3. The van der Waals surface area contributed by atoms with Crippen molar-refractivity contribution in [1.29, 1.82) is 0 Å². The highest BCUT2D eigenvalue weighted by Crippen LogP contribution is 2.41. The fraction of sp³-hybridized carbons (Fsp3) is 0.333. The van der Waals surface area contributed by atoms with Crippen LogP contribution in [0.1, 0.15) is 37.5 Å². The molecule has 0 aliphatic carbocycles. The molecule has 0 saturated heterocycles. The van der Waals surface area contributed by atoms with E-state index in [0.717, 1.165) is 6.26 Å². The molecule has 1 atom stereocenters. The van der Waals surface area contributed by atoms with E-state index in [4.69, 9.17) is 0 Å². The Morgan fingerprint density at radius 3 is 2.31 bits per heavy atom. The van der Waals surface area contributed by atoms with Crippen molar-refractivity contribution >= 4 is 31.7 Å². The number of carbonyl (C=O) groups excluding carboxylic acids is 1. The van der Waals surface area contributed by atoms with Crippen molar-refractivity contribution in [3.63, 3.8) is 0 Å². The van der Waals surface area contributed by atoms with Crippen LogP contribution in [-0.2, 0) is 37.9 Å². The van der Waals surface area contributed by atoms with Crippen LogP contribution in [0.5, 0.6) is 0 Å². The maximum atomic E-state index is 13.6. The zero-order valence-corrected chi connectivity index (χ0v) is 21.7. The topological polar surface area (TPSA) is 133 Å². The van der Waals surface area contributed by atoms with Crippen LogP contribution in [0.4, 0.5) is 4.39 Å². The van der Waals surface area contributed by atoms with Gasteiger partial charge in [-0.1, -0.05) is 45.0 Å². The molecule has 0 saturated carbocycles. The molecular weight excluding hydrogens is 509 g/mol. The van der Waals surface area contributed by atoms with Gasteiger partial charge >= 0.3 is 0 Å². The molecule has 36 heavy (non-hydrogen) atoms. The number of aliphatic hydroxyl groups is 1. The summed E-state index contributed by atoms with van der Waals surface area (Å²) in [6.07, 6.45) is 0.989. The fourth-order valence-corrected chi connectivity index (χ4v) is 6.10. The molecule has 1 amide bonds. The van der Waals surface area contributed by atoms with Gasteiger partial charge in [0.05, 0.1) is 17.2 Å². The van der Waals surface area contributed by atoms with Gasteiger partial charge in [-0.3, -0.25) is 4.79 Å². The number of fused-ring (bicyclic) bond motifs is 1. The smallest absolute Gasteiger partial charge is 0.283 e. The Labute approximate surface area is 209 Å². The molecule has 2 aliphatic heterocycles. The highest BCUT2D eigenvalue weighted by atomic mass is 32.2. The number of halogens is 1. The third-order valence-corrected chi connectivity index (χ3v) is 7.94. The number of aliphatic hydroxyl groups excluding tert-OH is 1. The lowest BCUT2D eigenvalue weighted by Gasteiger charge is -2.35. The van der Waals surface area contributed by atoms with E-state index in [0.29, 0.717) is 11.1 Å². The van der Waals surface area contributed by atoms with E-state index in [9.17, 15) is 31.1 Å². The molecule has 0 spiro atoms. The Hall–Kier alpha value is -3.09. The van der Waals surface area contributed by atoms with Gasteiger partial charge in [-0.05, 0) is 34.7 Å². The lowest BCUT2D eigenvalue weighted by Crippen LogP contribution is -2.43. The molecule has 12 heteroatoms. The number of nitrogens with one attached hydrogen (secondary N) is 1. The van der Waals surface area contributed by atoms with Crippen molar-refractivity contribution in [3.8, 4) is 0 Å². The Morgan fingerprint density at radius 1 is 1.11 bits per heavy atom. The van der Waals surface area contributed by atoms with Gasteiger partial charge in [0.15, 0.2) is 0 Å². The predicted octanol–water partition coefficient (Wildman–Crippen LogP) is 2.64. The minimum Gasteiger partial charge on any atom is -0.509 e. The van der Waals surface area contributed by atoms with E-state index in [1.807, 2.05) is 20.8 Å². The van der Waals surface area contributed by atoms with Crippen molar-refractivity contribution in [3.05, 3.63) is 76.3 Å². The predicted molar refractivity (Wildman–Crippen MR) is 132 cm³/mol. The molecule has 2 heterocycles. The summed E-state index contributed by atoms with van der Waals surface area (Å²) >= 11 is 0. The van der Waals surface area contributed by atoms with Gasteiger partial charge in [-0.25, -0.2) is 17.5 Å². The van der Waals surface area contributed by atoms with Crippen molar-refractivity contribution in [1.82, 2.24) is 9.62 Å². The number of amides is 1. The number of hydrogen-bond acceptors (Lipinski definition) is 6. The molecule has 0 radical (unpaired) electrons. The first-order chi connectivity index (χ1) is 16.6. The normalized spacial score (nSPS) is 19.6. The van der Waals surface area contributed by atoms with Crippen LogP contribution in [0, 0.1) is 11.2 Å². The van der Waals surface area contributed by atoms with Crippen LogP contribution < -0.4 is 4.72 Å². The SMILES string of the molecule is CC(C)(C)[C@H]1C(O)=C(C2=NS(=O)(=O)c3cc(CNS(C)(=O)=O)ccc32)C(=O)N1Cc1ccc(F)cc1. The van der Waals surface area contributed by atoms with E-state index >= 15 is 0 Å². The molecule has 2 aromatic carbocycles. The molecule has 9 nitrogen and oxygen atoms in total. The Bertz CT molecular complexity index is 1520. The second kappa shape index (κ2) is 8.79. The standard InChI is InChI=1S/C24H26FN3O6S2/c1-24(2,3)22-21(29)19(23(30)28(22)13-14-5-8-16(25)9-6-14)20-17-10-7-15(12-26-35(4,31)32)11-18(17)36(33,34)27-20/h5-11,22,26,29H,12-13H2,1-4H3/t22-/m1/s1. The number of carbonyl (C=O) groups is 1. The molecular formula is C24H26FN3O6S2. The molecule has 4 rings (SSSR count). The summed E-state index contributed by atoms with van der Waals surface area (Å²) in [5.41, 5.74) is 0.179. The summed E-state index contributed by atoms with van der Waals surface area (Å²) in [5.74, 6) is -1.31. The van der Waals surface area contributed by atoms with Crippen molar-refractivity contribution in [2.75, 3.05) is 6.26 Å². The number of benzene rings is 2. The van der Waals surface area contributed by atoms with E-state index in [1.165, 1.54) is 47.4 Å². The van der Waals surface area contributed by atoms with Crippen LogP contribution in [0.25, 0.3) is 0 Å². The van der Waals surface area contributed by atoms with Gasteiger partial charge < -0.3 is 10.0 Å². The number of nitrogens with zero attached hydrogens (tertiary/aromatic N) is 2. The van der Waals surface area contributed by atoms with Crippen LogP contribution in [0.15, 0.2) is 63.1 Å². The first-order valence-electron chi connectivity index (χ1n) is 11.0. The van der Waals surface area contributed by atoms with Crippen molar-refractivity contribution in [2.24, 2.45) is 9.81 Å². The van der Waals surface area contributed by atoms with Gasteiger partial charge in [0.1, 0.15) is 22.9 Å². The zero-order valence-electron chi connectivity index (χ0n) is 20.1. The Morgan fingerprint density at radius 2 is 1.72 bits per heavy atom. The van der Waals surface area contributed by atoms with Gasteiger partial charge in [0, 0.05) is 18.7 Å². The Kier molecular flexibility index (Phi) is 6.34. The largest absolute Gasteiger partial charge is 0.509 e. The summed E-state index contributed by atoms with van der Waals surface area (Å²) in [4.78, 5) is 14.9. The second-order valence-electron chi connectivity index (χ2n) is 9.93. The maximum absolute atomic E-state index is 13.6. The fourth-order valence-electron chi connectivity index (χ4n) is 4.40. The maximum Gasteiger partial charge on any atom is 0.283 e. The minimum absolute atomic E-state index is 0.0671. The van der Waals surface area contributed by atoms with Gasteiger partial charge in [0.25, 0.3) is 15.9 Å². The molecule has 2 aromatic rings. The molecule has 192 valence electrons. The third-order valence-electron chi connectivity index (χ3n) is 5.95. The average molecular weight is 536 g/mol. The summed E-state index contributed by atoms with van der Waals surface area (Å²) in [7, 11) is -7.69. The summed E-state index contributed by atoms with van der Waals surface area (Å²) in [5, 5.41) is 11.2. The zero-order chi connectivity index (χ0) is 26.6. The first-order valence-corrected chi connectivity index (χ1v) is 14.3. The summed E-state index contributed by atoms with van der Waals surface area (Å²) < 4.78 is 68.1. The van der Waals surface area contributed by atoms with Crippen molar-refractivity contribution < 1.29 is 31.1 Å². The van der Waals surface area contributed by atoms with E-state index in [1.54, 1.807) is 0 Å². The van der Waals surface area contributed by atoms with Crippen LogP contribution >= 0.6 is 0 Å². The molecule has 2 aliphatic rings. The lowest BCUT2D eigenvalue weighted by molar-refractivity contribution is -0.129.